The molecule has 0 spiro atoms. The first kappa shape index (κ1) is 34.5. The first-order chi connectivity index (χ1) is 19.6. The van der Waals surface area contributed by atoms with Crippen LogP contribution in [0, 0.1) is 0 Å². The van der Waals surface area contributed by atoms with E-state index in [0.29, 0.717) is 23.8 Å². The Hall–Kier alpha value is -1.01. The van der Waals surface area contributed by atoms with Gasteiger partial charge in [-0.1, -0.05) is 40.1 Å². The number of ether oxygens (including phenoxy) is 2. The Bertz CT molecular complexity index is 923. The zero-order valence-electron chi connectivity index (χ0n) is 22.8. The number of hydrogen-bond acceptors (Lipinski definition) is 13. The average molecular weight is 622 g/mol. The van der Waals surface area contributed by atoms with E-state index in [1.807, 2.05) is 21.6 Å². The van der Waals surface area contributed by atoms with Crippen LogP contribution in [0.25, 0.3) is 0 Å². The lowest BCUT2D eigenvalue weighted by Gasteiger charge is -2.42. The summed E-state index contributed by atoms with van der Waals surface area (Å²) in [6.45, 7) is -1.56. The molecule has 9 N–H and O–H groups in total. The van der Waals surface area contributed by atoms with E-state index in [9.17, 15) is 45.6 Å². The molecule has 12 nitrogen and oxygen atoms in total. The summed E-state index contributed by atoms with van der Waals surface area (Å²) in [6, 6.07) is 7.11. The van der Waals surface area contributed by atoms with Gasteiger partial charge in [0.1, 0.15) is 42.7 Å². The standard InChI is InChI=1S/C27H43NO11S2/c29-13-19(32)26(39-27-25(37)24(36)23(35)20(14-30)38-27)22(34)18(31)9-8-15-4-3-5-16(12-15)28-21(33)7-2-1-6-17-10-11-40-41-17/h3-5,12,17-20,22-27,29-32,34-37H,1-2,6-11,13-14H2,(H,28,33). The fraction of sp³-hybridized carbons (Fsp3) is 0.741. The van der Waals surface area contributed by atoms with Crippen LogP contribution in [0.5, 0.6) is 0 Å². The van der Waals surface area contributed by atoms with Gasteiger partial charge in [0.05, 0.1) is 19.3 Å². The van der Waals surface area contributed by atoms with Crippen molar-refractivity contribution in [2.24, 2.45) is 0 Å². The van der Waals surface area contributed by atoms with Crippen molar-refractivity contribution in [2.75, 3.05) is 24.3 Å². The summed E-state index contributed by atoms with van der Waals surface area (Å²) in [6.07, 6.45) is -9.73. The number of unbranched alkanes of at least 4 members (excludes halogenated alkanes) is 1. The zero-order valence-corrected chi connectivity index (χ0v) is 24.4. The van der Waals surface area contributed by atoms with E-state index in [2.05, 4.69) is 5.32 Å². The van der Waals surface area contributed by atoms with Crippen molar-refractivity contribution in [1.29, 1.82) is 0 Å². The summed E-state index contributed by atoms with van der Waals surface area (Å²) in [5.41, 5.74) is 1.39. The molecule has 1 aromatic rings. The van der Waals surface area contributed by atoms with Crippen molar-refractivity contribution in [1.82, 2.24) is 0 Å². The minimum absolute atomic E-state index is 0.0166. The summed E-state index contributed by atoms with van der Waals surface area (Å²) in [5, 5.41) is 84.2. The first-order valence-corrected chi connectivity index (χ1v) is 16.3. The number of aliphatic hydroxyl groups is 8. The third-order valence-electron chi connectivity index (χ3n) is 7.28. The molecule has 0 radical (unpaired) electrons. The molecule has 0 aromatic heterocycles. The molecule has 0 aliphatic carbocycles. The predicted octanol–water partition coefficient (Wildman–Crippen LogP) is -0.468. The van der Waals surface area contributed by atoms with E-state index < -0.39 is 68.3 Å². The van der Waals surface area contributed by atoms with Gasteiger partial charge < -0.3 is 55.6 Å². The normalized spacial score (nSPS) is 29.6. The number of anilines is 1. The third-order valence-corrected chi connectivity index (χ3v) is 10.3. The zero-order chi connectivity index (χ0) is 29.9. The van der Waals surface area contributed by atoms with Gasteiger partial charge in [0.2, 0.25) is 5.91 Å². The van der Waals surface area contributed by atoms with E-state index in [-0.39, 0.29) is 12.3 Å². The van der Waals surface area contributed by atoms with Crippen LogP contribution in [0.2, 0.25) is 0 Å². The molecule has 10 unspecified atom stereocenters. The lowest BCUT2D eigenvalue weighted by molar-refractivity contribution is -0.327. The van der Waals surface area contributed by atoms with Gasteiger partial charge >= 0.3 is 0 Å². The predicted molar refractivity (Wildman–Crippen MR) is 154 cm³/mol. The largest absolute Gasteiger partial charge is 0.394 e. The molecule has 3 rings (SSSR count). The Morgan fingerprint density at radius 3 is 2.54 bits per heavy atom. The highest BCUT2D eigenvalue weighted by molar-refractivity contribution is 8.77. The number of benzene rings is 1. The highest BCUT2D eigenvalue weighted by atomic mass is 33.1. The Morgan fingerprint density at radius 2 is 1.85 bits per heavy atom. The van der Waals surface area contributed by atoms with Crippen LogP contribution in [0.1, 0.15) is 44.1 Å². The van der Waals surface area contributed by atoms with Crippen molar-refractivity contribution in [3.63, 3.8) is 0 Å². The summed E-state index contributed by atoms with van der Waals surface area (Å²) in [4.78, 5) is 12.4. The van der Waals surface area contributed by atoms with Crippen LogP contribution in [0.15, 0.2) is 24.3 Å². The van der Waals surface area contributed by atoms with E-state index in [1.54, 1.807) is 24.3 Å². The number of nitrogens with one attached hydrogen (secondary N) is 1. The van der Waals surface area contributed by atoms with Crippen LogP contribution in [0.3, 0.4) is 0 Å². The second-order valence-electron chi connectivity index (χ2n) is 10.5. The van der Waals surface area contributed by atoms with Gasteiger partial charge in [0.25, 0.3) is 0 Å². The van der Waals surface area contributed by atoms with Crippen molar-refractivity contribution < 1.29 is 55.1 Å². The molecule has 0 saturated carbocycles. The molecule has 0 bridgehead atoms. The molecule has 2 saturated heterocycles. The summed E-state index contributed by atoms with van der Waals surface area (Å²) >= 11 is 0. The van der Waals surface area contributed by atoms with Crippen LogP contribution < -0.4 is 5.32 Å². The maximum Gasteiger partial charge on any atom is 0.224 e. The molecule has 41 heavy (non-hydrogen) atoms. The monoisotopic (exact) mass is 621 g/mol. The number of hydrogen-bond donors (Lipinski definition) is 9. The van der Waals surface area contributed by atoms with Crippen LogP contribution >= 0.6 is 21.6 Å². The number of aryl methyl sites for hydroxylation is 1. The average Bonchev–Trinajstić information content (AvgIpc) is 3.50. The van der Waals surface area contributed by atoms with Crippen LogP contribution in [-0.4, -0.2) is 126 Å². The molecule has 1 amide bonds. The molecule has 14 heteroatoms. The number of carbonyl (C=O) groups is 1. The molecule has 2 fully saturated rings. The van der Waals surface area contributed by atoms with Crippen molar-refractivity contribution in [3.05, 3.63) is 29.8 Å². The summed E-state index contributed by atoms with van der Waals surface area (Å²) in [7, 11) is 3.85. The smallest absolute Gasteiger partial charge is 0.224 e. The van der Waals surface area contributed by atoms with E-state index >= 15 is 0 Å². The molecule has 234 valence electrons. The summed E-state index contributed by atoms with van der Waals surface area (Å²) in [5.74, 6) is 1.13. The van der Waals surface area contributed by atoms with E-state index in [4.69, 9.17) is 9.47 Å². The van der Waals surface area contributed by atoms with E-state index in [0.717, 1.165) is 24.8 Å². The molecule has 2 aliphatic heterocycles. The quantitative estimate of drug-likeness (QED) is 0.0846. The van der Waals surface area contributed by atoms with E-state index in [1.165, 1.54) is 12.2 Å². The minimum atomic E-state index is -1.80. The Kier molecular flexibility index (Phi) is 14.6. The molecule has 2 aliphatic rings. The van der Waals surface area contributed by atoms with Crippen LogP contribution in [-0.2, 0) is 20.7 Å². The maximum absolute atomic E-state index is 12.4. The fourth-order valence-electron chi connectivity index (χ4n) is 4.79. The molecule has 2 heterocycles. The van der Waals surface area contributed by atoms with Gasteiger partial charge in [0, 0.05) is 23.1 Å². The molecule has 1 aromatic carbocycles. The van der Waals surface area contributed by atoms with Gasteiger partial charge in [-0.25, -0.2) is 0 Å². The lowest BCUT2D eigenvalue weighted by Crippen LogP contribution is -2.61. The number of aliphatic hydroxyl groups excluding tert-OH is 8. The van der Waals surface area contributed by atoms with Gasteiger partial charge in [-0.3, -0.25) is 4.79 Å². The van der Waals surface area contributed by atoms with Gasteiger partial charge in [-0.05, 0) is 49.8 Å². The minimum Gasteiger partial charge on any atom is -0.394 e. The molecular weight excluding hydrogens is 578 g/mol. The lowest BCUT2D eigenvalue weighted by atomic mass is 9.96. The Morgan fingerprint density at radius 1 is 1.07 bits per heavy atom. The van der Waals surface area contributed by atoms with Crippen molar-refractivity contribution in [3.8, 4) is 0 Å². The van der Waals surface area contributed by atoms with Crippen LogP contribution in [0.4, 0.5) is 5.69 Å². The molecule has 10 atom stereocenters. The highest BCUT2D eigenvalue weighted by Crippen LogP contribution is 2.40. The molecular formula is C27H43NO11S2. The Balaban J connectivity index is 1.50. The van der Waals surface area contributed by atoms with Gasteiger partial charge in [-0.2, -0.15) is 0 Å². The first-order valence-electron chi connectivity index (χ1n) is 13.9. The SMILES string of the molecule is O=C(CCCCC1CCSS1)Nc1cccc(CCC(O)C(O)C(OC2OC(CO)C(O)C(O)C2O)C(O)CO)c1. The third kappa shape index (κ3) is 10.3. The second kappa shape index (κ2) is 17.3. The maximum atomic E-state index is 12.4. The Labute approximate surface area is 247 Å². The number of amides is 1. The summed E-state index contributed by atoms with van der Waals surface area (Å²) < 4.78 is 10.7. The second-order valence-corrected chi connectivity index (χ2v) is 13.3. The fourth-order valence-corrected chi connectivity index (χ4v) is 7.82. The van der Waals surface area contributed by atoms with Crippen molar-refractivity contribution in [2.45, 2.75) is 105 Å². The van der Waals surface area contributed by atoms with Crippen molar-refractivity contribution >= 4 is 33.2 Å². The topological polar surface area (TPSA) is 209 Å². The highest BCUT2D eigenvalue weighted by Gasteiger charge is 2.46. The number of carbonyl (C=O) groups excluding carboxylic acids is 1. The van der Waals surface area contributed by atoms with Gasteiger partial charge in [-0.15, -0.1) is 0 Å². The van der Waals surface area contributed by atoms with Gasteiger partial charge in [0.15, 0.2) is 6.29 Å². The number of rotatable bonds is 16.